The van der Waals surface area contributed by atoms with E-state index in [0.717, 1.165) is 16.0 Å². The molecule has 1 aromatic heterocycles. The van der Waals surface area contributed by atoms with E-state index in [4.69, 9.17) is 9.47 Å². The van der Waals surface area contributed by atoms with Crippen molar-refractivity contribution in [2.75, 3.05) is 20.3 Å². The monoisotopic (exact) mass is 648 g/mol. The fourth-order valence-electron chi connectivity index (χ4n) is 5.72. The van der Waals surface area contributed by atoms with E-state index in [1.807, 2.05) is 0 Å². The van der Waals surface area contributed by atoms with Crippen LogP contribution in [0.3, 0.4) is 0 Å². The molecular weight excluding hydrogens is 616 g/mol. The molecule has 2 amide bonds. The zero-order valence-electron chi connectivity index (χ0n) is 25.5. The number of para-hydroxylation sites is 1. The highest BCUT2D eigenvalue weighted by atomic mass is 32.2. The third-order valence-electron chi connectivity index (χ3n) is 8.03. The van der Waals surface area contributed by atoms with Crippen LogP contribution < -0.4 is 0 Å². The number of carbonyl (C=O) groups excluding carboxylic acids is 5. The molecule has 2 heterocycles. The minimum Gasteiger partial charge on any atom is -0.465 e. The molecule has 0 saturated carbocycles. The summed E-state index contributed by atoms with van der Waals surface area (Å²) in [6.45, 7) is 6.63. The van der Waals surface area contributed by atoms with Crippen LogP contribution in [0.2, 0.25) is 0 Å². The van der Waals surface area contributed by atoms with Crippen LogP contribution in [-0.2, 0) is 49.9 Å². The second-order valence-corrected chi connectivity index (χ2v) is 12.2. The van der Waals surface area contributed by atoms with E-state index in [0.29, 0.717) is 5.39 Å². The third-order valence-corrected chi connectivity index (χ3v) is 9.75. The number of piperidine rings is 1. The average molecular weight is 649 g/mol. The van der Waals surface area contributed by atoms with Crippen molar-refractivity contribution >= 4 is 61.7 Å². The lowest BCUT2D eigenvalue weighted by molar-refractivity contribution is -0.159. The molecule has 4 rings (SSSR count). The summed E-state index contributed by atoms with van der Waals surface area (Å²) in [5.41, 5.74) is 6.30. The van der Waals surface area contributed by atoms with E-state index < -0.39 is 57.1 Å². The van der Waals surface area contributed by atoms with Gasteiger partial charge < -0.3 is 15.0 Å². The lowest BCUT2D eigenvalue weighted by Crippen LogP contribution is -2.57. The third kappa shape index (κ3) is 5.68. The Labute approximate surface area is 265 Å². The van der Waals surface area contributed by atoms with Gasteiger partial charge in [-0.15, -0.1) is 0 Å². The van der Waals surface area contributed by atoms with E-state index in [9.17, 15) is 37.9 Å². The van der Waals surface area contributed by atoms with Crippen LogP contribution in [0.15, 0.2) is 66.1 Å². The first kappa shape index (κ1) is 33.7. The molecular formula is C32H32N4O9S. The van der Waals surface area contributed by atoms with Crippen molar-refractivity contribution in [3.05, 3.63) is 78.0 Å². The van der Waals surface area contributed by atoms with E-state index in [2.05, 4.69) is 11.4 Å². The number of carbonyl (C=O) groups is 5. The van der Waals surface area contributed by atoms with Gasteiger partial charge in [0, 0.05) is 11.9 Å². The van der Waals surface area contributed by atoms with Crippen molar-refractivity contribution in [1.29, 1.82) is 0 Å². The zero-order chi connectivity index (χ0) is 33.8. The molecule has 1 saturated heterocycles. The SMILES string of the molecule is C=C(C(=O)OC)c1c(CC(=O)N2CCCC(CC)(C(=O)C(=[N+]=[N-])C(=O)OCC)C2=O)c2ccccc2n1S(=O)(=O)c1ccccc1. The molecule has 0 bridgehead atoms. The Balaban J connectivity index is 1.86. The van der Waals surface area contributed by atoms with E-state index in [-0.39, 0.29) is 59.7 Å². The maximum Gasteiger partial charge on any atom is 0.442 e. The Kier molecular flexibility index (Phi) is 9.83. The Hall–Kier alpha value is -5.20. The Morgan fingerprint density at radius 1 is 1.02 bits per heavy atom. The number of hydrogen-bond donors (Lipinski definition) is 0. The van der Waals surface area contributed by atoms with Crippen LogP contribution in [0, 0.1) is 5.41 Å². The van der Waals surface area contributed by atoms with Gasteiger partial charge in [-0.25, -0.2) is 22.0 Å². The first-order valence-corrected chi connectivity index (χ1v) is 15.8. The van der Waals surface area contributed by atoms with E-state index in [1.165, 1.54) is 44.2 Å². The molecule has 13 nitrogen and oxygen atoms in total. The van der Waals surface area contributed by atoms with Gasteiger partial charge >= 0.3 is 17.7 Å². The zero-order valence-corrected chi connectivity index (χ0v) is 26.3. The van der Waals surface area contributed by atoms with Crippen LogP contribution in [0.1, 0.15) is 44.4 Å². The number of ether oxygens (including phenoxy) is 2. The standard InChI is InChI=1S/C32H32N4O9S/c1-5-32(28(38)26(34-33)30(40)45-6-2)17-12-18-35(31(32)41)25(37)19-23-22-15-10-11-16-24(22)36(27(23)20(3)29(39)44-4)46(42,43)21-13-8-7-9-14-21/h7-11,13-16H,3,5-6,12,17-19H2,1-2,4H3. The van der Waals surface area contributed by atoms with Gasteiger partial charge in [0.1, 0.15) is 5.41 Å². The average Bonchev–Trinajstić information content (AvgIpc) is 3.39. The lowest BCUT2D eigenvalue weighted by atomic mass is 9.71. The molecule has 1 atom stereocenters. The van der Waals surface area contributed by atoms with Gasteiger partial charge in [0.15, 0.2) is 0 Å². The maximum absolute atomic E-state index is 14.0. The van der Waals surface area contributed by atoms with Crippen molar-refractivity contribution in [1.82, 2.24) is 8.87 Å². The Bertz CT molecular complexity index is 1920. The highest BCUT2D eigenvalue weighted by Crippen LogP contribution is 2.38. The molecule has 1 aliphatic rings. The predicted molar refractivity (Wildman–Crippen MR) is 165 cm³/mol. The molecule has 2 aromatic carbocycles. The molecule has 1 aliphatic heterocycles. The number of hydrogen-bond acceptors (Lipinski definition) is 9. The molecule has 14 heteroatoms. The molecule has 1 unspecified atom stereocenters. The predicted octanol–water partition coefficient (Wildman–Crippen LogP) is 2.96. The lowest BCUT2D eigenvalue weighted by Gasteiger charge is -2.38. The Morgan fingerprint density at radius 3 is 2.28 bits per heavy atom. The van der Waals surface area contributed by atoms with E-state index >= 15 is 0 Å². The number of fused-ring (bicyclic) bond motifs is 1. The van der Waals surface area contributed by atoms with Crippen LogP contribution in [-0.4, -0.2) is 77.6 Å². The molecule has 0 radical (unpaired) electrons. The number of likely N-dealkylation sites (tertiary alicyclic amines) is 1. The normalized spacial score (nSPS) is 16.4. The van der Waals surface area contributed by atoms with Crippen molar-refractivity contribution in [3.8, 4) is 0 Å². The smallest absolute Gasteiger partial charge is 0.442 e. The number of aromatic nitrogens is 1. The van der Waals surface area contributed by atoms with Crippen molar-refractivity contribution in [2.24, 2.45) is 5.41 Å². The largest absolute Gasteiger partial charge is 0.465 e. The van der Waals surface area contributed by atoms with Gasteiger partial charge in [0.2, 0.25) is 11.8 Å². The van der Waals surface area contributed by atoms with Gasteiger partial charge in [-0.2, -0.15) is 4.79 Å². The summed E-state index contributed by atoms with van der Waals surface area (Å²) >= 11 is 0. The molecule has 46 heavy (non-hydrogen) atoms. The number of methoxy groups -OCH3 is 1. The number of imide groups is 1. The maximum atomic E-state index is 14.0. The first-order valence-electron chi connectivity index (χ1n) is 14.4. The van der Waals surface area contributed by atoms with Gasteiger partial charge in [-0.3, -0.25) is 19.3 Å². The summed E-state index contributed by atoms with van der Waals surface area (Å²) < 4.78 is 38.7. The molecule has 240 valence electrons. The number of esters is 2. The van der Waals surface area contributed by atoms with Crippen molar-refractivity contribution in [2.45, 2.75) is 44.4 Å². The van der Waals surface area contributed by atoms with Crippen LogP contribution in [0.4, 0.5) is 0 Å². The van der Waals surface area contributed by atoms with Gasteiger partial charge in [0.05, 0.1) is 41.8 Å². The second kappa shape index (κ2) is 13.4. The van der Waals surface area contributed by atoms with Crippen LogP contribution in [0.25, 0.3) is 22.0 Å². The highest BCUT2D eigenvalue weighted by molar-refractivity contribution is 7.90. The minimum absolute atomic E-state index is 0.0254. The van der Waals surface area contributed by atoms with Gasteiger partial charge in [-0.1, -0.05) is 49.9 Å². The number of Topliss-reactive ketones (excluding diaryl/α,β-unsaturated/α-hetero) is 1. The van der Waals surface area contributed by atoms with Gasteiger partial charge in [-0.05, 0) is 49.9 Å². The summed E-state index contributed by atoms with van der Waals surface area (Å²) in [4.78, 5) is 70.2. The summed E-state index contributed by atoms with van der Waals surface area (Å²) in [6.07, 6.45) is -0.527. The van der Waals surface area contributed by atoms with Crippen LogP contribution in [0.5, 0.6) is 0 Å². The van der Waals surface area contributed by atoms with E-state index in [1.54, 1.807) is 24.3 Å². The molecule has 3 aromatic rings. The van der Waals surface area contributed by atoms with Crippen molar-refractivity contribution < 1.29 is 46.7 Å². The number of rotatable bonds is 11. The number of amides is 2. The number of benzene rings is 2. The molecule has 1 fully saturated rings. The topological polar surface area (TPSA) is 183 Å². The molecule has 0 spiro atoms. The van der Waals surface area contributed by atoms with Gasteiger partial charge in [0.25, 0.3) is 15.8 Å². The number of nitrogens with zero attached hydrogens (tertiary/aromatic N) is 4. The quantitative estimate of drug-likeness (QED) is 0.0754. The molecule has 0 N–H and O–H groups in total. The highest BCUT2D eigenvalue weighted by Gasteiger charge is 2.55. The Morgan fingerprint density at radius 2 is 1.67 bits per heavy atom. The van der Waals surface area contributed by atoms with Crippen molar-refractivity contribution in [3.63, 3.8) is 0 Å². The van der Waals surface area contributed by atoms with Crippen LogP contribution >= 0.6 is 0 Å². The number of ketones is 1. The first-order chi connectivity index (χ1) is 21.9. The fourth-order valence-corrected chi connectivity index (χ4v) is 7.31. The fraction of sp³-hybridized carbons (Fsp3) is 0.312. The summed E-state index contributed by atoms with van der Waals surface area (Å²) in [5.74, 6) is -4.94. The summed E-state index contributed by atoms with van der Waals surface area (Å²) in [5, 5.41) is 0.301. The second-order valence-electron chi connectivity index (χ2n) is 10.5. The molecule has 0 aliphatic carbocycles. The summed E-state index contributed by atoms with van der Waals surface area (Å²) in [6, 6.07) is 13.8. The summed E-state index contributed by atoms with van der Waals surface area (Å²) in [7, 11) is -3.26. The minimum atomic E-state index is -4.36.